The number of thioether (sulfide) groups is 1. The van der Waals surface area contributed by atoms with E-state index in [2.05, 4.69) is 29.4 Å². The zero-order valence-electron chi connectivity index (χ0n) is 8.62. The van der Waals surface area contributed by atoms with Crippen molar-refractivity contribution in [3.05, 3.63) is 24.2 Å². The third kappa shape index (κ3) is 2.59. The maximum atomic E-state index is 5.24. The van der Waals surface area contributed by atoms with Gasteiger partial charge in [-0.25, -0.2) is 4.68 Å². The fraction of sp³-hybridized carbons (Fsp3) is 0.444. The quantitative estimate of drug-likeness (QED) is 0.741. The smallest absolute Gasteiger partial charge is 0.209 e. The molecule has 0 spiro atoms. The molecular formula is C9H12N4OS. The molecule has 0 radical (unpaired) electrons. The number of tetrazole rings is 1. The van der Waals surface area contributed by atoms with Gasteiger partial charge in [-0.15, -0.1) is 5.10 Å². The minimum atomic E-state index is 0.464. The summed E-state index contributed by atoms with van der Waals surface area (Å²) < 4.78 is 6.98. The summed E-state index contributed by atoms with van der Waals surface area (Å²) in [5, 5.41) is 12.8. The van der Waals surface area contributed by atoms with Crippen molar-refractivity contribution in [1.29, 1.82) is 0 Å². The van der Waals surface area contributed by atoms with Gasteiger partial charge in [-0.2, -0.15) is 0 Å². The van der Waals surface area contributed by atoms with Crippen LogP contribution in [0, 0.1) is 0 Å². The summed E-state index contributed by atoms with van der Waals surface area (Å²) in [6.45, 7) is 4.79. The fourth-order valence-corrected chi connectivity index (χ4v) is 1.87. The van der Waals surface area contributed by atoms with E-state index in [1.54, 1.807) is 22.7 Å². The van der Waals surface area contributed by atoms with E-state index >= 15 is 0 Å². The van der Waals surface area contributed by atoms with Crippen molar-refractivity contribution >= 4 is 11.8 Å². The maximum absolute atomic E-state index is 5.24. The van der Waals surface area contributed by atoms with E-state index in [0.29, 0.717) is 11.8 Å². The molecule has 5 nitrogen and oxygen atoms in total. The highest BCUT2D eigenvalue weighted by atomic mass is 32.2. The summed E-state index contributed by atoms with van der Waals surface area (Å²) in [4.78, 5) is 0. The molecule has 80 valence electrons. The molecule has 0 saturated carbocycles. The first kappa shape index (κ1) is 10.2. The van der Waals surface area contributed by atoms with Gasteiger partial charge < -0.3 is 4.42 Å². The minimum Gasteiger partial charge on any atom is -0.467 e. The number of furan rings is 1. The molecule has 0 fully saturated rings. The molecule has 0 aliphatic carbocycles. The molecule has 0 saturated heterocycles. The Morgan fingerprint density at radius 1 is 1.53 bits per heavy atom. The summed E-state index contributed by atoms with van der Waals surface area (Å²) in [6, 6.07) is 3.76. The normalized spacial score (nSPS) is 11.1. The molecule has 0 atom stereocenters. The van der Waals surface area contributed by atoms with Crippen LogP contribution in [0.25, 0.3) is 0 Å². The molecule has 2 heterocycles. The molecule has 2 rings (SSSR count). The van der Waals surface area contributed by atoms with Crippen LogP contribution in [0.2, 0.25) is 0 Å². The minimum absolute atomic E-state index is 0.464. The largest absolute Gasteiger partial charge is 0.467 e. The summed E-state index contributed by atoms with van der Waals surface area (Å²) >= 11 is 1.64. The lowest BCUT2D eigenvalue weighted by molar-refractivity contribution is 0.462. The van der Waals surface area contributed by atoms with Gasteiger partial charge in [0.15, 0.2) is 0 Å². The van der Waals surface area contributed by atoms with E-state index in [9.17, 15) is 0 Å². The number of nitrogens with zero attached hydrogens (tertiary/aromatic N) is 4. The topological polar surface area (TPSA) is 56.7 Å². The van der Waals surface area contributed by atoms with Crippen molar-refractivity contribution in [2.24, 2.45) is 0 Å². The Hall–Kier alpha value is -1.30. The SMILES string of the molecule is CC(C)Sc1nnnn1Cc1ccco1. The van der Waals surface area contributed by atoms with E-state index in [0.717, 1.165) is 10.9 Å². The average Bonchev–Trinajstić information content (AvgIpc) is 2.78. The molecule has 0 aliphatic heterocycles. The van der Waals surface area contributed by atoms with Gasteiger partial charge in [0.25, 0.3) is 0 Å². The lowest BCUT2D eigenvalue weighted by Crippen LogP contribution is -2.04. The molecule has 0 unspecified atom stereocenters. The van der Waals surface area contributed by atoms with Crippen LogP contribution in [0.15, 0.2) is 28.0 Å². The van der Waals surface area contributed by atoms with Gasteiger partial charge in [-0.3, -0.25) is 0 Å². The number of rotatable bonds is 4. The van der Waals surface area contributed by atoms with Crippen molar-refractivity contribution in [2.75, 3.05) is 0 Å². The summed E-state index contributed by atoms with van der Waals surface area (Å²) in [6.07, 6.45) is 1.65. The molecule has 2 aromatic rings. The molecule has 0 aromatic carbocycles. The number of hydrogen-bond acceptors (Lipinski definition) is 5. The van der Waals surface area contributed by atoms with Gasteiger partial charge in [0.2, 0.25) is 5.16 Å². The first-order valence-electron chi connectivity index (χ1n) is 4.71. The van der Waals surface area contributed by atoms with Gasteiger partial charge in [-0.1, -0.05) is 25.6 Å². The molecule has 0 N–H and O–H groups in total. The van der Waals surface area contributed by atoms with Gasteiger partial charge in [0, 0.05) is 5.25 Å². The predicted molar refractivity (Wildman–Crippen MR) is 56.6 cm³/mol. The molecule has 0 aliphatic rings. The lowest BCUT2D eigenvalue weighted by Gasteiger charge is -2.03. The van der Waals surface area contributed by atoms with Gasteiger partial charge in [0.1, 0.15) is 12.3 Å². The second-order valence-electron chi connectivity index (χ2n) is 3.37. The van der Waals surface area contributed by atoms with E-state index in [-0.39, 0.29) is 0 Å². The third-order valence-electron chi connectivity index (χ3n) is 1.73. The molecule has 2 aromatic heterocycles. The standard InChI is InChI=1S/C9H12N4OS/c1-7(2)15-9-10-11-12-13(9)6-8-4-3-5-14-8/h3-5,7H,6H2,1-2H3. The summed E-state index contributed by atoms with van der Waals surface area (Å²) in [5.41, 5.74) is 0. The van der Waals surface area contributed by atoms with Crippen LogP contribution < -0.4 is 0 Å². The second kappa shape index (κ2) is 4.48. The fourth-order valence-electron chi connectivity index (χ4n) is 1.14. The Morgan fingerprint density at radius 3 is 3.07 bits per heavy atom. The van der Waals surface area contributed by atoms with E-state index in [1.165, 1.54) is 0 Å². The number of hydrogen-bond donors (Lipinski definition) is 0. The highest BCUT2D eigenvalue weighted by Gasteiger charge is 2.09. The lowest BCUT2D eigenvalue weighted by atomic mass is 10.4. The van der Waals surface area contributed by atoms with Gasteiger partial charge >= 0.3 is 0 Å². The van der Waals surface area contributed by atoms with Crippen LogP contribution in [-0.2, 0) is 6.54 Å². The monoisotopic (exact) mass is 224 g/mol. The summed E-state index contributed by atoms with van der Waals surface area (Å²) in [7, 11) is 0. The average molecular weight is 224 g/mol. The van der Waals surface area contributed by atoms with Crippen LogP contribution in [-0.4, -0.2) is 25.5 Å². The Labute approximate surface area is 91.8 Å². The highest BCUT2D eigenvalue weighted by Crippen LogP contribution is 2.19. The van der Waals surface area contributed by atoms with Crippen molar-refractivity contribution in [3.63, 3.8) is 0 Å². The van der Waals surface area contributed by atoms with Crippen molar-refractivity contribution in [3.8, 4) is 0 Å². The molecule has 6 heteroatoms. The van der Waals surface area contributed by atoms with E-state index < -0.39 is 0 Å². The van der Waals surface area contributed by atoms with Crippen LogP contribution in [0.3, 0.4) is 0 Å². The third-order valence-corrected chi connectivity index (χ3v) is 2.70. The Bertz CT molecular complexity index is 409. The highest BCUT2D eigenvalue weighted by molar-refractivity contribution is 7.99. The van der Waals surface area contributed by atoms with Crippen LogP contribution >= 0.6 is 11.8 Å². The predicted octanol–water partition coefficient (Wildman–Crippen LogP) is 1.81. The molecular weight excluding hydrogens is 212 g/mol. The van der Waals surface area contributed by atoms with Crippen molar-refractivity contribution in [1.82, 2.24) is 20.2 Å². The molecule has 0 bridgehead atoms. The second-order valence-corrected chi connectivity index (χ2v) is 4.91. The first-order valence-corrected chi connectivity index (χ1v) is 5.59. The Kier molecular flexibility index (Phi) is 3.05. The number of aromatic nitrogens is 4. The zero-order valence-corrected chi connectivity index (χ0v) is 9.44. The Balaban J connectivity index is 2.11. The van der Waals surface area contributed by atoms with Crippen molar-refractivity contribution < 1.29 is 4.42 Å². The first-order chi connectivity index (χ1) is 7.25. The van der Waals surface area contributed by atoms with Crippen LogP contribution in [0.4, 0.5) is 0 Å². The summed E-state index contributed by atoms with van der Waals surface area (Å²) in [5.74, 6) is 0.855. The van der Waals surface area contributed by atoms with Gasteiger partial charge in [0.05, 0.1) is 6.26 Å². The zero-order chi connectivity index (χ0) is 10.7. The van der Waals surface area contributed by atoms with Gasteiger partial charge in [-0.05, 0) is 22.6 Å². The maximum Gasteiger partial charge on any atom is 0.209 e. The van der Waals surface area contributed by atoms with E-state index in [4.69, 9.17) is 4.42 Å². The van der Waals surface area contributed by atoms with Crippen molar-refractivity contribution in [2.45, 2.75) is 30.8 Å². The van der Waals surface area contributed by atoms with Crippen LogP contribution in [0.5, 0.6) is 0 Å². The molecule has 0 amide bonds. The van der Waals surface area contributed by atoms with E-state index in [1.807, 2.05) is 12.1 Å². The molecule has 15 heavy (non-hydrogen) atoms. The Morgan fingerprint density at radius 2 is 2.40 bits per heavy atom. The van der Waals surface area contributed by atoms with Crippen LogP contribution in [0.1, 0.15) is 19.6 Å².